The number of ketones is 1. The first-order chi connectivity index (χ1) is 12.3. The molecule has 6 nitrogen and oxygen atoms in total. The zero-order valence-electron chi connectivity index (χ0n) is 13.6. The molecule has 0 spiro atoms. The maximum Gasteiger partial charge on any atom is 0.304 e. The van der Waals surface area contributed by atoms with Crippen LogP contribution in [0.4, 0.5) is 0 Å². The monoisotopic (exact) mass is 393 g/mol. The lowest BCUT2D eigenvalue weighted by Gasteiger charge is -2.06. The number of carboxylic acids is 1. The van der Waals surface area contributed by atoms with Crippen molar-refractivity contribution in [2.75, 3.05) is 6.54 Å². The lowest BCUT2D eigenvalue weighted by Crippen LogP contribution is -2.26. The number of carbonyl (C=O) groups is 2. The standard InChI is InChI=1S/C18H16ClNO5S/c19-15-7-4-13(5-8-15)6-9-17(21)14-2-1-3-16(12-14)26(24,25)20-11-10-18(22)23/h1-9,12,20H,10-11H2,(H,22,23)/b9-6+. The fourth-order valence-electron chi connectivity index (χ4n) is 2.03. The number of halogens is 1. The van der Waals surface area contributed by atoms with Crippen LogP contribution in [0.2, 0.25) is 5.02 Å². The molecule has 0 aliphatic carbocycles. The number of sulfonamides is 1. The van der Waals surface area contributed by atoms with E-state index in [0.29, 0.717) is 5.02 Å². The van der Waals surface area contributed by atoms with E-state index < -0.39 is 16.0 Å². The summed E-state index contributed by atoms with van der Waals surface area (Å²) in [6, 6.07) is 12.4. The number of carboxylic acid groups (broad SMARTS) is 1. The summed E-state index contributed by atoms with van der Waals surface area (Å²) in [6.07, 6.45) is 2.61. The van der Waals surface area contributed by atoms with Gasteiger partial charge in [0.2, 0.25) is 10.0 Å². The van der Waals surface area contributed by atoms with E-state index in [1.807, 2.05) is 0 Å². The largest absolute Gasteiger partial charge is 0.481 e. The first-order valence-electron chi connectivity index (χ1n) is 7.57. The third kappa shape index (κ3) is 5.80. The first-order valence-corrected chi connectivity index (χ1v) is 9.43. The van der Waals surface area contributed by atoms with Gasteiger partial charge in [-0.3, -0.25) is 9.59 Å². The average Bonchev–Trinajstić information content (AvgIpc) is 2.60. The fourth-order valence-corrected chi connectivity index (χ4v) is 3.24. The smallest absolute Gasteiger partial charge is 0.304 e. The molecule has 0 saturated heterocycles. The van der Waals surface area contributed by atoms with Gasteiger partial charge in [0.1, 0.15) is 0 Å². The minimum atomic E-state index is -3.89. The van der Waals surface area contributed by atoms with E-state index in [9.17, 15) is 18.0 Å². The second-order valence-corrected chi connectivity index (χ2v) is 7.52. The van der Waals surface area contributed by atoms with Crippen LogP contribution < -0.4 is 4.72 Å². The molecule has 2 aromatic rings. The molecule has 0 amide bonds. The van der Waals surface area contributed by atoms with Crippen LogP contribution in [0.25, 0.3) is 6.08 Å². The fraction of sp³-hybridized carbons (Fsp3) is 0.111. The lowest BCUT2D eigenvalue weighted by molar-refractivity contribution is -0.136. The van der Waals surface area contributed by atoms with Crippen molar-refractivity contribution < 1.29 is 23.1 Å². The Balaban J connectivity index is 2.13. The zero-order valence-corrected chi connectivity index (χ0v) is 15.1. The Morgan fingerprint density at radius 1 is 1.12 bits per heavy atom. The van der Waals surface area contributed by atoms with E-state index in [1.54, 1.807) is 30.3 Å². The molecule has 2 rings (SSSR count). The van der Waals surface area contributed by atoms with Gasteiger partial charge in [-0.15, -0.1) is 0 Å². The predicted octanol–water partition coefficient (Wildman–Crippen LogP) is 2.99. The Kier molecular flexibility index (Phi) is 6.68. The van der Waals surface area contributed by atoms with Crippen molar-refractivity contribution in [1.82, 2.24) is 4.72 Å². The normalized spacial score (nSPS) is 11.6. The van der Waals surface area contributed by atoms with Gasteiger partial charge < -0.3 is 5.11 Å². The molecular weight excluding hydrogens is 378 g/mol. The van der Waals surface area contributed by atoms with Crippen LogP contribution in [0.1, 0.15) is 22.3 Å². The molecule has 8 heteroatoms. The van der Waals surface area contributed by atoms with E-state index >= 15 is 0 Å². The van der Waals surface area contributed by atoms with Crippen molar-refractivity contribution in [1.29, 1.82) is 0 Å². The third-order valence-corrected chi connectivity index (χ3v) is 5.07. The highest BCUT2D eigenvalue weighted by atomic mass is 35.5. The molecule has 0 bridgehead atoms. The second kappa shape index (κ2) is 8.75. The van der Waals surface area contributed by atoms with Gasteiger partial charge >= 0.3 is 5.97 Å². The molecule has 136 valence electrons. The van der Waals surface area contributed by atoms with Gasteiger partial charge in [-0.25, -0.2) is 13.1 Å². The molecule has 0 saturated carbocycles. The minimum Gasteiger partial charge on any atom is -0.481 e. The zero-order chi connectivity index (χ0) is 19.2. The number of carbonyl (C=O) groups excluding carboxylic acids is 1. The summed E-state index contributed by atoms with van der Waals surface area (Å²) < 4.78 is 26.5. The first kappa shape index (κ1) is 19.8. The number of rotatable bonds is 8. The Morgan fingerprint density at radius 2 is 1.81 bits per heavy atom. The molecule has 0 aromatic heterocycles. The summed E-state index contributed by atoms with van der Waals surface area (Å²) in [4.78, 5) is 22.6. The van der Waals surface area contributed by atoms with Gasteiger partial charge in [0.05, 0.1) is 11.3 Å². The average molecular weight is 394 g/mol. The van der Waals surface area contributed by atoms with Crippen molar-refractivity contribution in [3.8, 4) is 0 Å². The summed E-state index contributed by atoms with van der Waals surface area (Å²) in [6.45, 7) is -0.230. The van der Waals surface area contributed by atoms with Crippen LogP contribution in [-0.2, 0) is 14.8 Å². The van der Waals surface area contributed by atoms with Gasteiger partial charge in [-0.2, -0.15) is 0 Å². The van der Waals surface area contributed by atoms with Crippen LogP contribution in [-0.4, -0.2) is 31.8 Å². The Hall–Kier alpha value is -2.48. The Bertz CT molecular complexity index is 936. The minimum absolute atomic E-state index is 0.103. The molecule has 0 radical (unpaired) electrons. The Labute approximate surface area is 156 Å². The van der Waals surface area contributed by atoms with Crippen LogP contribution in [0.3, 0.4) is 0 Å². The lowest BCUT2D eigenvalue weighted by atomic mass is 10.1. The molecule has 0 aliphatic heterocycles. The summed E-state index contributed by atoms with van der Waals surface area (Å²) in [5.74, 6) is -1.47. The van der Waals surface area contributed by atoms with Gasteiger partial charge in [-0.05, 0) is 35.9 Å². The van der Waals surface area contributed by atoms with E-state index in [1.165, 1.54) is 30.3 Å². The van der Waals surface area contributed by atoms with E-state index in [0.717, 1.165) is 5.56 Å². The number of aliphatic carboxylic acids is 1. The number of benzene rings is 2. The van der Waals surface area contributed by atoms with Crippen molar-refractivity contribution in [3.63, 3.8) is 0 Å². The molecule has 0 heterocycles. The van der Waals surface area contributed by atoms with E-state index in [2.05, 4.69) is 4.72 Å². The molecule has 2 aromatic carbocycles. The van der Waals surface area contributed by atoms with Gasteiger partial charge in [-0.1, -0.05) is 41.9 Å². The van der Waals surface area contributed by atoms with Crippen LogP contribution >= 0.6 is 11.6 Å². The van der Waals surface area contributed by atoms with E-state index in [4.69, 9.17) is 16.7 Å². The summed E-state index contributed by atoms with van der Waals surface area (Å²) in [5, 5.41) is 9.16. The van der Waals surface area contributed by atoms with Crippen molar-refractivity contribution in [2.45, 2.75) is 11.3 Å². The summed E-state index contributed by atoms with van der Waals surface area (Å²) in [7, 11) is -3.89. The maximum atomic E-state index is 12.3. The van der Waals surface area contributed by atoms with Crippen LogP contribution in [0.15, 0.2) is 59.5 Å². The van der Waals surface area contributed by atoms with E-state index in [-0.39, 0.29) is 29.2 Å². The molecule has 2 N–H and O–H groups in total. The van der Waals surface area contributed by atoms with Crippen LogP contribution in [0.5, 0.6) is 0 Å². The maximum absolute atomic E-state index is 12.3. The highest BCUT2D eigenvalue weighted by molar-refractivity contribution is 7.89. The Morgan fingerprint density at radius 3 is 2.46 bits per heavy atom. The number of hydrogen-bond donors (Lipinski definition) is 2. The molecule has 0 fully saturated rings. The second-order valence-electron chi connectivity index (χ2n) is 5.32. The highest BCUT2D eigenvalue weighted by Crippen LogP contribution is 2.14. The van der Waals surface area contributed by atoms with Crippen LogP contribution in [0, 0.1) is 0 Å². The molecule has 26 heavy (non-hydrogen) atoms. The molecule has 0 atom stereocenters. The topological polar surface area (TPSA) is 101 Å². The predicted molar refractivity (Wildman–Crippen MR) is 98.7 cm³/mol. The molecule has 0 aliphatic rings. The summed E-state index contributed by atoms with van der Waals surface area (Å²) >= 11 is 5.80. The number of allylic oxidation sites excluding steroid dienone is 1. The SMILES string of the molecule is O=C(O)CCNS(=O)(=O)c1cccc(C(=O)/C=C/c2ccc(Cl)cc2)c1. The van der Waals surface area contributed by atoms with Gasteiger partial charge in [0.15, 0.2) is 5.78 Å². The quantitative estimate of drug-likeness (QED) is 0.530. The third-order valence-electron chi connectivity index (χ3n) is 3.36. The molecular formula is C18H16ClNO5S. The summed E-state index contributed by atoms with van der Waals surface area (Å²) in [5.41, 5.74) is 0.984. The van der Waals surface area contributed by atoms with Gasteiger partial charge in [0.25, 0.3) is 0 Å². The van der Waals surface area contributed by atoms with Gasteiger partial charge in [0, 0.05) is 17.1 Å². The van der Waals surface area contributed by atoms with Crippen molar-refractivity contribution >= 4 is 39.5 Å². The van der Waals surface area contributed by atoms with Crippen molar-refractivity contribution in [2.24, 2.45) is 0 Å². The molecule has 0 unspecified atom stereocenters. The number of hydrogen-bond acceptors (Lipinski definition) is 4. The highest BCUT2D eigenvalue weighted by Gasteiger charge is 2.15. The number of nitrogens with one attached hydrogen (secondary N) is 1. The van der Waals surface area contributed by atoms with Crippen molar-refractivity contribution in [3.05, 3.63) is 70.8 Å².